The van der Waals surface area contributed by atoms with E-state index in [4.69, 9.17) is 11.6 Å². The summed E-state index contributed by atoms with van der Waals surface area (Å²) in [6.07, 6.45) is 0.00503. The zero-order chi connectivity index (χ0) is 15.5. The number of rotatable bonds is 7. The van der Waals surface area contributed by atoms with Crippen LogP contribution in [0.2, 0.25) is 5.15 Å². The smallest absolute Gasteiger partial charge is 0.150 e. The molecule has 0 aliphatic heterocycles. The summed E-state index contributed by atoms with van der Waals surface area (Å²) in [5.41, 5.74) is 1.39. The lowest BCUT2D eigenvalue weighted by atomic mass is 10.00. The Balaban J connectivity index is 2.80. The third-order valence-corrected chi connectivity index (χ3v) is 5.53. The molecule has 0 aromatic carbocycles. The first-order valence-electron chi connectivity index (χ1n) is 6.80. The van der Waals surface area contributed by atoms with Gasteiger partial charge >= 0.3 is 0 Å². The maximum Gasteiger partial charge on any atom is 0.150 e. The lowest BCUT2D eigenvalue weighted by Gasteiger charge is -2.13. The molecule has 0 aliphatic carbocycles. The second kappa shape index (κ2) is 6.91. The maximum absolute atomic E-state index is 11.4. The van der Waals surface area contributed by atoms with Crippen LogP contribution >= 0.6 is 11.6 Å². The first-order chi connectivity index (χ1) is 9.19. The Bertz CT molecular complexity index is 552. The molecule has 7 heteroatoms. The lowest BCUT2D eigenvalue weighted by molar-refractivity contribution is 0.165. The SMILES string of the molecule is CCS(=O)(=O)CCCC(O)c1c(C(C)C)nn(C)c1Cl. The number of hydrogen-bond donors (Lipinski definition) is 1. The first kappa shape index (κ1) is 17.5. The van der Waals surface area contributed by atoms with Crippen LogP contribution in [0.3, 0.4) is 0 Å². The molecule has 1 heterocycles. The number of aliphatic hydroxyl groups is 1. The van der Waals surface area contributed by atoms with Gasteiger partial charge in [-0.3, -0.25) is 4.68 Å². The molecule has 0 amide bonds. The Morgan fingerprint density at radius 3 is 2.50 bits per heavy atom. The van der Waals surface area contributed by atoms with Crippen LogP contribution in [0.4, 0.5) is 0 Å². The zero-order valence-electron chi connectivity index (χ0n) is 12.4. The van der Waals surface area contributed by atoms with E-state index in [2.05, 4.69) is 5.10 Å². The average molecular weight is 323 g/mol. The molecular weight excluding hydrogens is 300 g/mol. The second-order valence-corrected chi connectivity index (χ2v) is 8.09. The van der Waals surface area contributed by atoms with Crippen molar-refractivity contribution < 1.29 is 13.5 Å². The van der Waals surface area contributed by atoms with Gasteiger partial charge in [0, 0.05) is 18.4 Å². The molecule has 1 aromatic rings. The Kier molecular flexibility index (Phi) is 6.04. The molecule has 0 fully saturated rings. The number of aliphatic hydroxyl groups excluding tert-OH is 1. The molecule has 0 bridgehead atoms. The molecule has 0 aliphatic rings. The third kappa shape index (κ3) is 4.20. The summed E-state index contributed by atoms with van der Waals surface area (Å²) in [6, 6.07) is 0. The number of aryl methyl sites for hydroxylation is 1. The van der Waals surface area contributed by atoms with Crippen molar-refractivity contribution in [3.05, 3.63) is 16.4 Å². The highest BCUT2D eigenvalue weighted by Crippen LogP contribution is 2.32. The standard InChI is InChI=1S/C13H23ClN2O3S/c1-5-20(18,19)8-6-7-10(17)11-12(9(2)3)15-16(4)13(11)14/h9-10,17H,5-8H2,1-4H3. The molecule has 116 valence electrons. The molecule has 1 N–H and O–H groups in total. The summed E-state index contributed by atoms with van der Waals surface area (Å²) in [6.45, 7) is 5.59. The fourth-order valence-corrected chi connectivity index (χ4v) is 3.22. The molecule has 0 radical (unpaired) electrons. The van der Waals surface area contributed by atoms with E-state index >= 15 is 0 Å². The van der Waals surface area contributed by atoms with Crippen LogP contribution in [0.15, 0.2) is 0 Å². The molecular formula is C13H23ClN2O3S. The molecule has 1 unspecified atom stereocenters. The van der Waals surface area contributed by atoms with Gasteiger partial charge in [-0.1, -0.05) is 32.4 Å². The van der Waals surface area contributed by atoms with Crippen LogP contribution in [0.5, 0.6) is 0 Å². The van der Waals surface area contributed by atoms with Gasteiger partial charge in [0.25, 0.3) is 0 Å². The maximum atomic E-state index is 11.4. The van der Waals surface area contributed by atoms with Crippen molar-refractivity contribution in [3.8, 4) is 0 Å². The van der Waals surface area contributed by atoms with Crippen LogP contribution in [0.1, 0.15) is 56.9 Å². The lowest BCUT2D eigenvalue weighted by Crippen LogP contribution is -2.10. The average Bonchev–Trinajstić information content (AvgIpc) is 2.66. The van der Waals surface area contributed by atoms with Crippen molar-refractivity contribution in [1.82, 2.24) is 9.78 Å². The fraction of sp³-hybridized carbons (Fsp3) is 0.769. The highest BCUT2D eigenvalue weighted by atomic mass is 35.5. The first-order valence-corrected chi connectivity index (χ1v) is 9.00. The van der Waals surface area contributed by atoms with Gasteiger partial charge in [-0.05, 0) is 18.8 Å². The van der Waals surface area contributed by atoms with E-state index in [1.54, 1.807) is 14.0 Å². The van der Waals surface area contributed by atoms with Gasteiger partial charge in [-0.15, -0.1) is 0 Å². The predicted molar refractivity (Wildman–Crippen MR) is 80.8 cm³/mol. The Morgan fingerprint density at radius 1 is 1.40 bits per heavy atom. The summed E-state index contributed by atoms with van der Waals surface area (Å²) in [4.78, 5) is 0. The van der Waals surface area contributed by atoms with Crippen LogP contribution in [-0.4, -0.2) is 34.8 Å². The van der Waals surface area contributed by atoms with E-state index in [0.29, 0.717) is 23.6 Å². The highest BCUT2D eigenvalue weighted by Gasteiger charge is 2.23. The monoisotopic (exact) mass is 322 g/mol. The molecule has 1 atom stereocenters. The molecule has 1 aromatic heterocycles. The molecule has 5 nitrogen and oxygen atoms in total. The number of sulfone groups is 1. The molecule has 0 spiro atoms. The van der Waals surface area contributed by atoms with Crippen LogP contribution in [0.25, 0.3) is 0 Å². The van der Waals surface area contributed by atoms with Gasteiger partial charge in [0.2, 0.25) is 0 Å². The fourth-order valence-electron chi connectivity index (χ4n) is 2.06. The van der Waals surface area contributed by atoms with E-state index in [1.807, 2.05) is 13.8 Å². The van der Waals surface area contributed by atoms with E-state index < -0.39 is 15.9 Å². The van der Waals surface area contributed by atoms with Crippen molar-refractivity contribution in [3.63, 3.8) is 0 Å². The van der Waals surface area contributed by atoms with E-state index in [1.165, 1.54) is 4.68 Å². The molecule has 0 saturated carbocycles. The molecule has 20 heavy (non-hydrogen) atoms. The summed E-state index contributed by atoms with van der Waals surface area (Å²) < 4.78 is 24.4. The normalized spacial score (nSPS) is 13.9. The van der Waals surface area contributed by atoms with Crippen molar-refractivity contribution in [2.75, 3.05) is 11.5 Å². The van der Waals surface area contributed by atoms with Gasteiger partial charge in [-0.25, -0.2) is 8.42 Å². The van der Waals surface area contributed by atoms with Gasteiger partial charge in [0.1, 0.15) is 15.0 Å². The van der Waals surface area contributed by atoms with E-state index in [9.17, 15) is 13.5 Å². The number of halogens is 1. The minimum atomic E-state index is -2.99. The third-order valence-electron chi connectivity index (χ3n) is 3.29. The van der Waals surface area contributed by atoms with Crippen molar-refractivity contribution in [2.45, 2.75) is 45.6 Å². The highest BCUT2D eigenvalue weighted by molar-refractivity contribution is 7.91. The largest absolute Gasteiger partial charge is 0.388 e. The summed E-state index contributed by atoms with van der Waals surface area (Å²) in [5.74, 6) is 0.376. The van der Waals surface area contributed by atoms with E-state index in [-0.39, 0.29) is 17.4 Å². The Hall–Kier alpha value is -0.590. The minimum Gasteiger partial charge on any atom is -0.388 e. The second-order valence-electron chi connectivity index (χ2n) is 5.26. The van der Waals surface area contributed by atoms with Gasteiger partial charge in [0.05, 0.1) is 17.6 Å². The summed E-state index contributed by atoms with van der Waals surface area (Å²) >= 11 is 6.17. The van der Waals surface area contributed by atoms with Crippen molar-refractivity contribution >= 4 is 21.4 Å². The minimum absolute atomic E-state index is 0.0927. The summed E-state index contributed by atoms with van der Waals surface area (Å²) in [5, 5.41) is 15.0. The van der Waals surface area contributed by atoms with Crippen LogP contribution < -0.4 is 0 Å². The number of nitrogens with zero attached hydrogens (tertiary/aromatic N) is 2. The number of aromatic nitrogens is 2. The van der Waals surface area contributed by atoms with Gasteiger partial charge in [-0.2, -0.15) is 5.10 Å². The quantitative estimate of drug-likeness (QED) is 0.837. The van der Waals surface area contributed by atoms with Gasteiger partial charge in [0.15, 0.2) is 0 Å². The van der Waals surface area contributed by atoms with Crippen LogP contribution in [-0.2, 0) is 16.9 Å². The number of hydrogen-bond acceptors (Lipinski definition) is 4. The van der Waals surface area contributed by atoms with Crippen molar-refractivity contribution in [1.29, 1.82) is 0 Å². The van der Waals surface area contributed by atoms with Crippen LogP contribution in [0, 0.1) is 0 Å². The Labute approximate surface area is 125 Å². The molecule has 0 saturated heterocycles. The Morgan fingerprint density at radius 2 is 2.00 bits per heavy atom. The predicted octanol–water partition coefficient (Wildman–Crippen LogP) is 2.45. The van der Waals surface area contributed by atoms with Crippen molar-refractivity contribution in [2.24, 2.45) is 7.05 Å². The molecule has 1 rings (SSSR count). The topological polar surface area (TPSA) is 72.2 Å². The van der Waals surface area contributed by atoms with E-state index in [0.717, 1.165) is 5.69 Å². The zero-order valence-corrected chi connectivity index (χ0v) is 14.0. The van der Waals surface area contributed by atoms with Gasteiger partial charge < -0.3 is 5.11 Å². The summed E-state index contributed by atoms with van der Waals surface area (Å²) in [7, 11) is -1.27.